The first-order chi connectivity index (χ1) is 7.68. The summed E-state index contributed by atoms with van der Waals surface area (Å²) < 4.78 is 61.1. The summed E-state index contributed by atoms with van der Waals surface area (Å²) in [4.78, 5) is 0. The van der Waals surface area contributed by atoms with Gasteiger partial charge in [0.25, 0.3) is 0 Å². The summed E-state index contributed by atoms with van der Waals surface area (Å²) >= 11 is 0. The molecule has 1 rings (SSSR count). The number of sulfonamides is 1. The van der Waals surface area contributed by atoms with Gasteiger partial charge in [-0.3, -0.25) is 0 Å². The SMILES string of the molecule is CC1CCC(NS(=O)(=O)CCCC(F)(F)F)C1. The van der Waals surface area contributed by atoms with Gasteiger partial charge in [-0.25, -0.2) is 13.1 Å². The first kappa shape index (κ1) is 14.8. The van der Waals surface area contributed by atoms with Crippen LogP contribution in [0, 0.1) is 5.92 Å². The molecule has 3 nitrogen and oxygen atoms in total. The van der Waals surface area contributed by atoms with Gasteiger partial charge in [-0.2, -0.15) is 13.2 Å². The van der Waals surface area contributed by atoms with E-state index in [-0.39, 0.29) is 12.5 Å². The molecular formula is C10H18F3NO2S. The summed E-state index contributed by atoms with van der Waals surface area (Å²) in [6.07, 6.45) is -3.18. The normalized spacial score (nSPS) is 26.4. The van der Waals surface area contributed by atoms with Crippen molar-refractivity contribution in [2.24, 2.45) is 5.92 Å². The Labute approximate surface area is 99.8 Å². The van der Waals surface area contributed by atoms with Crippen molar-refractivity contribution in [1.29, 1.82) is 0 Å². The zero-order valence-electron chi connectivity index (χ0n) is 9.76. The highest BCUT2D eigenvalue weighted by Crippen LogP contribution is 2.25. The Bertz CT molecular complexity index is 340. The van der Waals surface area contributed by atoms with E-state index in [4.69, 9.17) is 0 Å². The fraction of sp³-hybridized carbons (Fsp3) is 1.00. The van der Waals surface area contributed by atoms with Gasteiger partial charge in [0.15, 0.2) is 0 Å². The molecule has 0 saturated heterocycles. The summed E-state index contributed by atoms with van der Waals surface area (Å²) in [6, 6.07) is -0.0964. The fourth-order valence-corrected chi connectivity index (χ4v) is 3.45. The van der Waals surface area contributed by atoms with Gasteiger partial charge in [-0.1, -0.05) is 6.92 Å². The summed E-state index contributed by atoms with van der Waals surface area (Å²) in [5.74, 6) is 0.0371. The number of nitrogens with one attached hydrogen (secondary N) is 1. The Hall–Kier alpha value is -0.300. The van der Waals surface area contributed by atoms with E-state index in [1.54, 1.807) is 0 Å². The van der Waals surface area contributed by atoms with Crippen molar-refractivity contribution in [2.75, 3.05) is 5.75 Å². The van der Waals surface area contributed by atoms with Crippen LogP contribution in [0.15, 0.2) is 0 Å². The Morgan fingerprint density at radius 3 is 2.41 bits per heavy atom. The van der Waals surface area contributed by atoms with Gasteiger partial charge in [-0.15, -0.1) is 0 Å². The predicted molar refractivity (Wildman–Crippen MR) is 59.0 cm³/mol. The maximum atomic E-state index is 11.9. The third kappa shape index (κ3) is 6.26. The van der Waals surface area contributed by atoms with Crippen molar-refractivity contribution in [3.63, 3.8) is 0 Å². The van der Waals surface area contributed by atoms with Crippen molar-refractivity contribution in [3.05, 3.63) is 0 Å². The molecule has 1 N–H and O–H groups in total. The van der Waals surface area contributed by atoms with Gasteiger partial charge in [0, 0.05) is 12.5 Å². The van der Waals surface area contributed by atoms with Gasteiger partial charge < -0.3 is 0 Å². The molecule has 0 aromatic heterocycles. The van der Waals surface area contributed by atoms with E-state index in [2.05, 4.69) is 4.72 Å². The molecule has 17 heavy (non-hydrogen) atoms. The molecule has 2 atom stereocenters. The quantitative estimate of drug-likeness (QED) is 0.836. The third-order valence-corrected chi connectivity index (χ3v) is 4.43. The first-order valence-electron chi connectivity index (χ1n) is 5.75. The van der Waals surface area contributed by atoms with Gasteiger partial charge in [-0.05, 0) is 31.6 Å². The predicted octanol–water partition coefficient (Wildman–Crippen LogP) is 2.44. The summed E-state index contributed by atoms with van der Waals surface area (Å²) in [6.45, 7) is 2.04. The molecule has 2 unspecified atom stereocenters. The molecule has 0 aromatic carbocycles. The number of halogens is 3. The van der Waals surface area contributed by atoms with Crippen molar-refractivity contribution >= 4 is 10.0 Å². The minimum Gasteiger partial charge on any atom is -0.212 e. The van der Waals surface area contributed by atoms with Crippen molar-refractivity contribution in [3.8, 4) is 0 Å². The summed E-state index contributed by atoms with van der Waals surface area (Å²) in [5, 5.41) is 0. The van der Waals surface area contributed by atoms with Gasteiger partial charge in [0.2, 0.25) is 10.0 Å². The van der Waals surface area contributed by atoms with Crippen LogP contribution in [0.3, 0.4) is 0 Å². The molecule has 1 aliphatic rings. The smallest absolute Gasteiger partial charge is 0.212 e. The summed E-state index contributed by atoms with van der Waals surface area (Å²) in [5.41, 5.74) is 0. The number of hydrogen-bond acceptors (Lipinski definition) is 2. The molecule has 0 aliphatic heterocycles. The lowest BCUT2D eigenvalue weighted by molar-refractivity contribution is -0.134. The van der Waals surface area contributed by atoms with Crippen LogP contribution < -0.4 is 4.72 Å². The zero-order chi connectivity index (χ0) is 13.1. The van der Waals surface area contributed by atoms with E-state index in [1.807, 2.05) is 6.92 Å². The van der Waals surface area contributed by atoms with Crippen molar-refractivity contribution in [1.82, 2.24) is 4.72 Å². The average molecular weight is 273 g/mol. The molecule has 0 spiro atoms. The molecule has 0 amide bonds. The highest BCUT2D eigenvalue weighted by atomic mass is 32.2. The van der Waals surface area contributed by atoms with Crippen LogP contribution in [0.1, 0.15) is 39.0 Å². The van der Waals surface area contributed by atoms with Crippen LogP contribution >= 0.6 is 0 Å². The summed E-state index contributed by atoms with van der Waals surface area (Å²) in [7, 11) is -3.56. The molecule has 102 valence electrons. The molecule has 1 aliphatic carbocycles. The monoisotopic (exact) mass is 273 g/mol. The molecular weight excluding hydrogens is 255 g/mol. The second-order valence-electron chi connectivity index (χ2n) is 4.77. The van der Waals surface area contributed by atoms with Crippen LogP contribution in [-0.4, -0.2) is 26.4 Å². The van der Waals surface area contributed by atoms with E-state index in [0.717, 1.165) is 19.3 Å². The van der Waals surface area contributed by atoms with Crippen LogP contribution in [0.4, 0.5) is 13.2 Å². The van der Waals surface area contributed by atoms with Gasteiger partial charge >= 0.3 is 6.18 Å². The Morgan fingerprint density at radius 2 is 1.94 bits per heavy atom. The van der Waals surface area contributed by atoms with E-state index >= 15 is 0 Å². The topological polar surface area (TPSA) is 46.2 Å². The number of rotatable bonds is 5. The Balaban J connectivity index is 2.31. The minimum atomic E-state index is -4.28. The molecule has 0 aromatic rings. The second kappa shape index (κ2) is 5.56. The lowest BCUT2D eigenvalue weighted by atomic mass is 10.1. The Kier molecular flexibility index (Phi) is 4.83. The van der Waals surface area contributed by atoms with Crippen LogP contribution in [0.5, 0.6) is 0 Å². The van der Waals surface area contributed by atoms with Crippen LogP contribution in [-0.2, 0) is 10.0 Å². The maximum Gasteiger partial charge on any atom is 0.389 e. The fourth-order valence-electron chi connectivity index (χ4n) is 2.09. The van der Waals surface area contributed by atoms with Gasteiger partial charge in [0.1, 0.15) is 0 Å². The molecule has 0 heterocycles. The van der Waals surface area contributed by atoms with E-state index < -0.39 is 28.4 Å². The highest BCUT2D eigenvalue weighted by Gasteiger charge is 2.29. The van der Waals surface area contributed by atoms with Gasteiger partial charge in [0.05, 0.1) is 5.75 Å². The molecule has 1 fully saturated rings. The molecule has 0 radical (unpaired) electrons. The number of hydrogen-bond donors (Lipinski definition) is 1. The third-order valence-electron chi connectivity index (χ3n) is 2.91. The van der Waals surface area contributed by atoms with Crippen LogP contribution in [0.25, 0.3) is 0 Å². The first-order valence-corrected chi connectivity index (χ1v) is 7.40. The van der Waals surface area contributed by atoms with E-state index in [9.17, 15) is 21.6 Å². The number of alkyl halides is 3. The average Bonchev–Trinajstić information content (AvgIpc) is 2.47. The van der Waals surface area contributed by atoms with Crippen molar-refractivity contribution < 1.29 is 21.6 Å². The maximum absolute atomic E-state index is 11.9. The second-order valence-corrected chi connectivity index (χ2v) is 6.64. The standard InChI is InChI=1S/C10H18F3NO2S/c1-8-3-4-9(7-8)14-17(15,16)6-2-5-10(11,12)13/h8-9,14H,2-7H2,1H3. The Morgan fingerprint density at radius 1 is 1.29 bits per heavy atom. The molecule has 7 heteroatoms. The van der Waals surface area contributed by atoms with Crippen LogP contribution in [0.2, 0.25) is 0 Å². The largest absolute Gasteiger partial charge is 0.389 e. The lowest BCUT2D eigenvalue weighted by Gasteiger charge is -2.13. The minimum absolute atomic E-state index is 0.0964. The zero-order valence-corrected chi connectivity index (χ0v) is 10.6. The van der Waals surface area contributed by atoms with E-state index in [0.29, 0.717) is 5.92 Å². The lowest BCUT2D eigenvalue weighted by Crippen LogP contribution is -2.35. The highest BCUT2D eigenvalue weighted by molar-refractivity contribution is 7.89. The molecule has 0 bridgehead atoms. The van der Waals surface area contributed by atoms with E-state index in [1.165, 1.54) is 0 Å². The van der Waals surface area contributed by atoms with Crippen molar-refractivity contribution in [2.45, 2.75) is 51.2 Å². The molecule has 1 saturated carbocycles.